The first-order valence-corrected chi connectivity index (χ1v) is 14.1. The average molecular weight is 490 g/mol. The molecule has 7 nitrogen and oxygen atoms in total. The third-order valence-electron chi connectivity index (χ3n) is 8.62. The molecule has 0 spiro atoms. The van der Waals surface area contributed by atoms with Gasteiger partial charge in [-0.05, 0) is 76.4 Å². The number of nitrogens with zero attached hydrogens (tertiary/aromatic N) is 3. The molecule has 0 radical (unpaired) electrons. The molecule has 0 aromatic heterocycles. The molecule has 1 amide bonds. The molecule has 3 saturated heterocycles. The Morgan fingerprint density at radius 3 is 2.54 bits per heavy atom. The Hall–Kier alpha value is -1.57. The fraction of sp³-hybridized carbons (Fsp3) is 0.821. The van der Waals surface area contributed by atoms with E-state index in [0.717, 1.165) is 90.8 Å². The second-order valence-electron chi connectivity index (χ2n) is 10.8. The number of allylic oxidation sites excluding steroid dienone is 2. The predicted molar refractivity (Wildman–Crippen MR) is 138 cm³/mol. The van der Waals surface area contributed by atoms with Crippen molar-refractivity contribution in [3.8, 4) is 0 Å². The minimum Gasteiger partial charge on any atom is -0.450 e. The summed E-state index contributed by atoms with van der Waals surface area (Å²) in [4.78, 5) is 19.0. The minimum absolute atomic E-state index is 0.164. The second kappa shape index (κ2) is 12.6. The van der Waals surface area contributed by atoms with Crippen LogP contribution in [-0.2, 0) is 9.47 Å². The van der Waals surface area contributed by atoms with Crippen LogP contribution in [0.15, 0.2) is 23.4 Å². The van der Waals surface area contributed by atoms with Crippen LogP contribution >= 0.6 is 0 Å². The fourth-order valence-corrected chi connectivity index (χ4v) is 6.71. The van der Waals surface area contributed by atoms with Crippen molar-refractivity contribution in [3.63, 3.8) is 0 Å². The zero-order chi connectivity index (χ0) is 24.8. The van der Waals surface area contributed by atoms with Crippen LogP contribution < -0.4 is 0 Å². The van der Waals surface area contributed by atoms with E-state index in [1.54, 1.807) is 0 Å². The van der Waals surface area contributed by atoms with Crippen LogP contribution in [0, 0.1) is 11.8 Å². The molecule has 198 valence electrons. The van der Waals surface area contributed by atoms with Crippen molar-refractivity contribution in [1.29, 1.82) is 0 Å². The Balaban J connectivity index is 1.38. The maximum atomic E-state index is 12.2. The van der Waals surface area contributed by atoms with Gasteiger partial charge in [-0.3, -0.25) is 0 Å². The van der Waals surface area contributed by atoms with Gasteiger partial charge in [0.15, 0.2) is 0 Å². The first-order chi connectivity index (χ1) is 17.0. The van der Waals surface area contributed by atoms with Gasteiger partial charge in [0.05, 0.1) is 13.2 Å². The van der Waals surface area contributed by atoms with Gasteiger partial charge in [-0.25, -0.2) is 4.79 Å². The number of carbonyl (C=O) groups excluding carboxylic acids is 1. The van der Waals surface area contributed by atoms with E-state index in [-0.39, 0.29) is 12.0 Å². The van der Waals surface area contributed by atoms with Crippen LogP contribution in [0.2, 0.25) is 0 Å². The summed E-state index contributed by atoms with van der Waals surface area (Å²) in [7, 11) is 0. The van der Waals surface area contributed by atoms with Gasteiger partial charge in [0.2, 0.25) is 0 Å². The quantitative estimate of drug-likeness (QED) is 0.573. The third kappa shape index (κ3) is 6.05. The number of rotatable bonds is 7. The Labute approximate surface area is 212 Å². The summed E-state index contributed by atoms with van der Waals surface area (Å²) in [5.41, 5.74) is 2.59. The highest BCUT2D eigenvalue weighted by atomic mass is 16.6. The van der Waals surface area contributed by atoms with Crippen LogP contribution in [-0.4, -0.2) is 90.2 Å². The van der Waals surface area contributed by atoms with E-state index in [1.807, 2.05) is 11.8 Å². The van der Waals surface area contributed by atoms with Gasteiger partial charge in [-0.2, -0.15) is 0 Å². The monoisotopic (exact) mass is 489 g/mol. The molecule has 35 heavy (non-hydrogen) atoms. The lowest BCUT2D eigenvalue weighted by atomic mass is 9.86. The smallest absolute Gasteiger partial charge is 0.409 e. The summed E-state index contributed by atoms with van der Waals surface area (Å²) in [6.45, 7) is 12.0. The van der Waals surface area contributed by atoms with Crippen molar-refractivity contribution in [2.24, 2.45) is 11.8 Å². The summed E-state index contributed by atoms with van der Waals surface area (Å²) < 4.78 is 10.9. The van der Waals surface area contributed by atoms with Gasteiger partial charge in [0, 0.05) is 56.5 Å². The summed E-state index contributed by atoms with van der Waals surface area (Å²) in [6, 6.07) is 0.898. The molecule has 4 aliphatic heterocycles. The number of hydrogen-bond donors (Lipinski definition) is 1. The lowest BCUT2D eigenvalue weighted by molar-refractivity contribution is -0.0419. The molecular formula is C28H47N3O4. The molecule has 0 saturated carbocycles. The van der Waals surface area contributed by atoms with E-state index in [0.29, 0.717) is 24.6 Å². The summed E-state index contributed by atoms with van der Waals surface area (Å²) in [6.07, 6.45) is 12.5. The maximum absolute atomic E-state index is 12.2. The maximum Gasteiger partial charge on any atom is 0.409 e. The third-order valence-corrected chi connectivity index (χ3v) is 8.62. The second-order valence-corrected chi connectivity index (χ2v) is 10.8. The molecular weight excluding hydrogens is 442 g/mol. The highest BCUT2D eigenvalue weighted by Crippen LogP contribution is 2.43. The molecule has 4 unspecified atom stereocenters. The van der Waals surface area contributed by atoms with Gasteiger partial charge in [-0.1, -0.05) is 19.4 Å². The van der Waals surface area contributed by atoms with Crippen LogP contribution in [0.4, 0.5) is 4.79 Å². The van der Waals surface area contributed by atoms with Gasteiger partial charge in [0.1, 0.15) is 6.23 Å². The molecule has 4 atom stereocenters. The summed E-state index contributed by atoms with van der Waals surface area (Å²) >= 11 is 0. The van der Waals surface area contributed by atoms with Crippen molar-refractivity contribution in [2.45, 2.75) is 90.4 Å². The van der Waals surface area contributed by atoms with Crippen molar-refractivity contribution in [2.75, 3.05) is 46.0 Å². The van der Waals surface area contributed by atoms with Gasteiger partial charge < -0.3 is 29.3 Å². The lowest BCUT2D eigenvalue weighted by Gasteiger charge is -2.43. The van der Waals surface area contributed by atoms with E-state index >= 15 is 0 Å². The number of aliphatic hydroxyl groups excluding tert-OH is 1. The summed E-state index contributed by atoms with van der Waals surface area (Å²) in [5, 5.41) is 11.6. The van der Waals surface area contributed by atoms with Crippen molar-refractivity contribution >= 4 is 6.09 Å². The van der Waals surface area contributed by atoms with E-state index in [9.17, 15) is 9.90 Å². The van der Waals surface area contributed by atoms with E-state index < -0.39 is 6.23 Å². The largest absolute Gasteiger partial charge is 0.450 e. The van der Waals surface area contributed by atoms with Crippen molar-refractivity contribution < 1.29 is 19.4 Å². The Bertz CT molecular complexity index is 755. The van der Waals surface area contributed by atoms with E-state index in [1.165, 1.54) is 11.3 Å². The van der Waals surface area contributed by atoms with Crippen LogP contribution in [0.1, 0.15) is 72.1 Å². The minimum atomic E-state index is -0.449. The number of likely N-dealkylation sites (tertiary alicyclic amines) is 2. The molecule has 0 aliphatic carbocycles. The molecule has 7 heteroatoms. The van der Waals surface area contributed by atoms with Crippen LogP contribution in [0.5, 0.6) is 0 Å². The lowest BCUT2D eigenvalue weighted by Crippen LogP contribution is -2.50. The number of amides is 1. The van der Waals surface area contributed by atoms with Crippen molar-refractivity contribution in [1.82, 2.24) is 14.7 Å². The van der Waals surface area contributed by atoms with E-state index in [2.05, 4.69) is 35.8 Å². The zero-order valence-corrected chi connectivity index (χ0v) is 22.2. The number of hydrogen-bond acceptors (Lipinski definition) is 6. The number of piperidine rings is 1. The first-order valence-electron chi connectivity index (χ1n) is 14.1. The van der Waals surface area contributed by atoms with Gasteiger partial charge in [-0.15, -0.1) is 0 Å². The Morgan fingerprint density at radius 2 is 1.86 bits per heavy atom. The average Bonchev–Trinajstić information content (AvgIpc) is 3.37. The molecule has 3 fully saturated rings. The highest BCUT2D eigenvalue weighted by Gasteiger charge is 2.45. The molecule has 4 rings (SSSR count). The number of unbranched alkanes of at least 4 members (excludes halogenated alkanes) is 1. The summed E-state index contributed by atoms with van der Waals surface area (Å²) in [5.74, 6) is 0.588. The standard InChI is InChI=1S/C28H47N3O4/c1-4-6-7-10-25-21(3)26(22-14-19-34-20-22)27(32)31(25)24-12-16-29(17-13-24)23-9-8-15-30(18-11-23)28(33)35-5-2/h7,10,22-24,26-27,32H,4-6,8-9,11-20H2,1-3H3/b10-7-. The zero-order valence-electron chi connectivity index (χ0n) is 22.2. The molecule has 0 bridgehead atoms. The molecule has 1 N–H and O–H groups in total. The highest BCUT2D eigenvalue weighted by molar-refractivity contribution is 5.67. The molecule has 4 heterocycles. The van der Waals surface area contributed by atoms with Gasteiger partial charge in [0.25, 0.3) is 0 Å². The fourth-order valence-electron chi connectivity index (χ4n) is 6.71. The molecule has 0 aromatic rings. The number of carbonyl (C=O) groups is 1. The predicted octanol–water partition coefficient (Wildman–Crippen LogP) is 4.38. The molecule has 4 aliphatic rings. The normalized spacial score (nSPS) is 31.5. The first kappa shape index (κ1) is 26.5. The Morgan fingerprint density at radius 1 is 1.09 bits per heavy atom. The number of aliphatic hydroxyl groups is 1. The van der Waals surface area contributed by atoms with Crippen LogP contribution in [0.3, 0.4) is 0 Å². The van der Waals surface area contributed by atoms with E-state index in [4.69, 9.17) is 9.47 Å². The SMILES string of the molecule is CCC/C=C\C1=C(C)C(C2CCOC2)C(O)N1C1CCN(C2CCCN(C(=O)OCC)CC2)CC1. The number of ether oxygens (including phenoxy) is 2. The topological polar surface area (TPSA) is 65.5 Å². The van der Waals surface area contributed by atoms with Crippen molar-refractivity contribution in [3.05, 3.63) is 23.4 Å². The Kier molecular flexibility index (Phi) is 9.53. The van der Waals surface area contributed by atoms with Crippen LogP contribution in [0.25, 0.3) is 0 Å². The van der Waals surface area contributed by atoms with Gasteiger partial charge >= 0.3 is 6.09 Å². The molecule has 0 aromatic carbocycles.